The Labute approximate surface area is 144 Å². The van der Waals surface area contributed by atoms with Gasteiger partial charge in [0.05, 0.1) is 18.4 Å². The first-order valence-corrected chi connectivity index (χ1v) is 8.25. The monoisotopic (exact) mass is 337 g/mol. The lowest BCUT2D eigenvalue weighted by Gasteiger charge is -2.12. The summed E-state index contributed by atoms with van der Waals surface area (Å²) in [5.41, 5.74) is 2.00. The molecule has 2 aromatic heterocycles. The molecule has 2 heterocycles. The quantitative estimate of drug-likeness (QED) is 0.748. The Morgan fingerprint density at radius 3 is 2.92 bits per heavy atom. The van der Waals surface area contributed by atoms with Gasteiger partial charge in [0.1, 0.15) is 12.1 Å². The highest BCUT2D eigenvalue weighted by Crippen LogP contribution is 2.35. The van der Waals surface area contributed by atoms with E-state index in [2.05, 4.69) is 25.9 Å². The summed E-state index contributed by atoms with van der Waals surface area (Å²) >= 11 is 0. The minimum absolute atomic E-state index is 0.305. The number of anilines is 1. The fourth-order valence-electron chi connectivity index (χ4n) is 2.76. The van der Waals surface area contributed by atoms with Crippen LogP contribution in [0, 0.1) is 6.92 Å². The summed E-state index contributed by atoms with van der Waals surface area (Å²) in [5, 5.41) is 18.0. The van der Waals surface area contributed by atoms with Crippen LogP contribution >= 0.6 is 0 Å². The predicted octanol–water partition coefficient (Wildman–Crippen LogP) is 2.43. The number of benzene rings is 1. The number of para-hydroxylation sites is 1. The molecule has 128 valence electrons. The molecule has 0 spiro atoms. The van der Waals surface area contributed by atoms with Crippen LogP contribution in [-0.4, -0.2) is 30.6 Å². The lowest BCUT2D eigenvalue weighted by Crippen LogP contribution is -2.30. The molecule has 8 nitrogen and oxygen atoms in total. The summed E-state index contributed by atoms with van der Waals surface area (Å²) in [6, 6.07) is 9.82. The number of nitrogens with zero attached hydrogens (tertiary/aromatic N) is 5. The molecule has 1 aromatic carbocycles. The fraction of sp³-hybridized carbons (Fsp3) is 0.294. The maximum atomic E-state index is 12.3. The van der Waals surface area contributed by atoms with E-state index in [0.29, 0.717) is 18.4 Å². The van der Waals surface area contributed by atoms with Crippen molar-refractivity contribution in [3.8, 4) is 5.69 Å². The average Bonchev–Trinajstić information content (AvgIpc) is 3.17. The van der Waals surface area contributed by atoms with Gasteiger partial charge in [-0.3, -0.25) is 5.32 Å². The number of carbonyl (C=O) groups excluding carboxylic acids is 1. The molecule has 0 aliphatic heterocycles. The molecule has 0 saturated heterocycles. The molecule has 8 heteroatoms. The highest BCUT2D eigenvalue weighted by Gasteiger charge is 2.26. The normalized spacial score (nSPS) is 13.6. The van der Waals surface area contributed by atoms with Crippen molar-refractivity contribution in [2.45, 2.75) is 32.4 Å². The van der Waals surface area contributed by atoms with Crippen LogP contribution in [0.4, 0.5) is 10.6 Å². The maximum Gasteiger partial charge on any atom is 0.320 e. The first-order valence-electron chi connectivity index (χ1n) is 8.25. The van der Waals surface area contributed by atoms with Gasteiger partial charge in [0.2, 0.25) is 0 Å². The van der Waals surface area contributed by atoms with Gasteiger partial charge in [-0.05, 0) is 31.4 Å². The Kier molecular flexibility index (Phi) is 3.93. The number of hydrogen-bond donors (Lipinski definition) is 2. The summed E-state index contributed by atoms with van der Waals surface area (Å²) in [4.78, 5) is 12.3. The third kappa shape index (κ3) is 3.23. The number of amides is 2. The molecular weight excluding hydrogens is 318 g/mol. The van der Waals surface area contributed by atoms with E-state index < -0.39 is 0 Å². The molecule has 1 aliphatic carbocycles. The zero-order chi connectivity index (χ0) is 17.2. The van der Waals surface area contributed by atoms with E-state index in [1.807, 2.05) is 35.8 Å². The van der Waals surface area contributed by atoms with Gasteiger partial charge in [-0.2, -0.15) is 5.10 Å². The largest absolute Gasteiger partial charge is 0.331 e. The van der Waals surface area contributed by atoms with E-state index in [9.17, 15) is 4.79 Å². The second kappa shape index (κ2) is 6.39. The molecule has 0 atom stereocenters. The summed E-state index contributed by atoms with van der Waals surface area (Å²) in [6.45, 7) is 2.34. The summed E-state index contributed by atoms with van der Waals surface area (Å²) in [6.07, 6.45) is 5.67. The van der Waals surface area contributed by atoms with Crippen molar-refractivity contribution < 1.29 is 4.79 Å². The number of aryl methyl sites for hydroxylation is 1. The van der Waals surface area contributed by atoms with Crippen molar-refractivity contribution in [2.24, 2.45) is 0 Å². The number of urea groups is 1. The highest BCUT2D eigenvalue weighted by atomic mass is 16.2. The molecule has 1 saturated carbocycles. The Morgan fingerprint density at radius 2 is 2.12 bits per heavy atom. The highest BCUT2D eigenvalue weighted by molar-refractivity contribution is 5.88. The van der Waals surface area contributed by atoms with E-state index in [1.165, 1.54) is 0 Å². The molecule has 1 fully saturated rings. The fourth-order valence-corrected chi connectivity index (χ4v) is 2.76. The molecule has 0 unspecified atom stereocenters. The predicted molar refractivity (Wildman–Crippen MR) is 92.5 cm³/mol. The molecular formula is C17H19N7O. The first-order chi connectivity index (χ1) is 12.2. The SMILES string of the molecule is Cc1ccccc1-n1nccc1NC(=O)NCc1nncn1C1CC1. The van der Waals surface area contributed by atoms with Crippen molar-refractivity contribution in [2.75, 3.05) is 5.32 Å². The minimum Gasteiger partial charge on any atom is -0.331 e. The first kappa shape index (κ1) is 15.4. The Hall–Kier alpha value is -3.16. The van der Waals surface area contributed by atoms with Crippen molar-refractivity contribution in [1.82, 2.24) is 29.9 Å². The number of nitrogens with one attached hydrogen (secondary N) is 2. The van der Waals surface area contributed by atoms with Crippen LogP contribution in [0.3, 0.4) is 0 Å². The van der Waals surface area contributed by atoms with Gasteiger partial charge in [0, 0.05) is 12.1 Å². The van der Waals surface area contributed by atoms with Crippen LogP contribution in [-0.2, 0) is 6.54 Å². The number of aromatic nitrogens is 5. The number of carbonyl (C=O) groups is 1. The van der Waals surface area contributed by atoms with Gasteiger partial charge in [0.25, 0.3) is 0 Å². The van der Waals surface area contributed by atoms with Crippen LogP contribution in [0.25, 0.3) is 5.69 Å². The number of hydrogen-bond acceptors (Lipinski definition) is 4. The zero-order valence-electron chi connectivity index (χ0n) is 13.9. The maximum absolute atomic E-state index is 12.3. The smallest absolute Gasteiger partial charge is 0.320 e. The van der Waals surface area contributed by atoms with Gasteiger partial charge in [-0.1, -0.05) is 18.2 Å². The molecule has 3 aromatic rings. The van der Waals surface area contributed by atoms with Gasteiger partial charge < -0.3 is 9.88 Å². The number of rotatable bonds is 5. The standard InChI is InChI=1S/C17H19N7O/c1-12-4-2-3-5-14(12)24-15(8-9-20-24)21-17(25)18-10-16-22-19-11-23(16)13-6-7-13/h2-5,8-9,11,13H,6-7,10H2,1H3,(H2,18,21,25). The average molecular weight is 337 g/mol. The van der Waals surface area contributed by atoms with Crippen molar-refractivity contribution in [1.29, 1.82) is 0 Å². The summed E-state index contributed by atoms with van der Waals surface area (Å²) in [5.74, 6) is 1.38. The lowest BCUT2D eigenvalue weighted by atomic mass is 10.2. The molecule has 2 N–H and O–H groups in total. The van der Waals surface area contributed by atoms with Crippen LogP contribution in [0.1, 0.15) is 30.3 Å². The molecule has 2 amide bonds. The molecule has 25 heavy (non-hydrogen) atoms. The third-order valence-electron chi connectivity index (χ3n) is 4.22. The van der Waals surface area contributed by atoms with Crippen LogP contribution in [0.15, 0.2) is 42.9 Å². The Bertz CT molecular complexity index is 894. The van der Waals surface area contributed by atoms with Crippen LogP contribution < -0.4 is 10.6 Å². The van der Waals surface area contributed by atoms with Crippen molar-refractivity contribution in [3.05, 3.63) is 54.2 Å². The van der Waals surface area contributed by atoms with E-state index in [1.54, 1.807) is 23.3 Å². The second-order valence-corrected chi connectivity index (χ2v) is 6.11. The van der Waals surface area contributed by atoms with Crippen molar-refractivity contribution >= 4 is 11.8 Å². The van der Waals surface area contributed by atoms with Crippen LogP contribution in [0.2, 0.25) is 0 Å². The van der Waals surface area contributed by atoms with E-state index in [4.69, 9.17) is 0 Å². The van der Waals surface area contributed by atoms with Gasteiger partial charge >= 0.3 is 6.03 Å². The Balaban J connectivity index is 1.43. The third-order valence-corrected chi connectivity index (χ3v) is 4.22. The van der Waals surface area contributed by atoms with E-state index in [0.717, 1.165) is 29.9 Å². The Morgan fingerprint density at radius 1 is 1.28 bits per heavy atom. The minimum atomic E-state index is -0.305. The molecule has 0 bridgehead atoms. The zero-order valence-corrected chi connectivity index (χ0v) is 13.9. The summed E-state index contributed by atoms with van der Waals surface area (Å²) < 4.78 is 3.74. The second-order valence-electron chi connectivity index (χ2n) is 6.11. The van der Waals surface area contributed by atoms with E-state index >= 15 is 0 Å². The van der Waals surface area contributed by atoms with Gasteiger partial charge in [-0.25, -0.2) is 9.48 Å². The van der Waals surface area contributed by atoms with Gasteiger partial charge in [-0.15, -0.1) is 10.2 Å². The summed E-state index contributed by atoms with van der Waals surface area (Å²) in [7, 11) is 0. The topological polar surface area (TPSA) is 89.7 Å². The molecule has 0 radical (unpaired) electrons. The van der Waals surface area contributed by atoms with Gasteiger partial charge in [0.15, 0.2) is 5.82 Å². The lowest BCUT2D eigenvalue weighted by molar-refractivity contribution is 0.251. The van der Waals surface area contributed by atoms with E-state index in [-0.39, 0.29) is 6.03 Å². The van der Waals surface area contributed by atoms with Crippen LogP contribution in [0.5, 0.6) is 0 Å². The van der Waals surface area contributed by atoms with Crippen molar-refractivity contribution in [3.63, 3.8) is 0 Å². The molecule has 4 rings (SSSR count). The molecule has 1 aliphatic rings.